The smallest absolute Gasteiger partial charge is 0.150 e. The van der Waals surface area contributed by atoms with Gasteiger partial charge in [0.05, 0.1) is 0 Å². The molecule has 0 saturated carbocycles. The Morgan fingerprint density at radius 1 is 0.619 bits per heavy atom. The van der Waals surface area contributed by atoms with Crippen LogP contribution in [0.25, 0.3) is 5.57 Å². The molecule has 3 heteroatoms. The normalized spacial score (nSPS) is 16.0. The van der Waals surface area contributed by atoms with Crippen LogP contribution in [0.1, 0.15) is 33.5 Å². The van der Waals surface area contributed by atoms with Crippen molar-refractivity contribution in [3.63, 3.8) is 0 Å². The number of para-hydroxylation sites is 2. The van der Waals surface area contributed by atoms with Crippen molar-refractivity contribution in [1.82, 2.24) is 0 Å². The van der Waals surface area contributed by atoms with Gasteiger partial charge in [0, 0.05) is 34.7 Å². The van der Waals surface area contributed by atoms with E-state index in [1.54, 1.807) is 0 Å². The fraction of sp³-hybridized carbons (Fsp3) is 0.103. The van der Waals surface area contributed by atoms with E-state index < -0.39 is 5.66 Å². The van der Waals surface area contributed by atoms with E-state index in [0.717, 1.165) is 34.6 Å². The van der Waals surface area contributed by atoms with Gasteiger partial charge in [-0.05, 0) is 96.8 Å². The van der Waals surface area contributed by atoms with Crippen LogP contribution >= 0.6 is 0 Å². The number of allylic oxidation sites excluding steroid dienone is 2. The molecule has 0 bridgehead atoms. The van der Waals surface area contributed by atoms with Gasteiger partial charge in [0.2, 0.25) is 0 Å². The van der Waals surface area contributed by atoms with Crippen LogP contribution in [0.5, 0.6) is 0 Å². The Balaban J connectivity index is 1.64. The number of carbonyl (C=O) groups excluding carboxylic acids is 1. The highest BCUT2D eigenvalue weighted by Gasteiger charge is 2.43. The van der Waals surface area contributed by atoms with E-state index in [1.165, 1.54) is 16.7 Å². The first-order valence-corrected chi connectivity index (χ1v) is 14.4. The Labute approximate surface area is 248 Å². The SMILES string of the molecule is Cc1cccc(N(c2ccccc2)C2(N(c3ccccc3)c3ccc(C=O)c(C)c3)C=CC(c3ccccc3)=CC2)c1. The largest absolute Gasteiger partial charge is 0.314 e. The molecule has 3 nitrogen and oxygen atoms in total. The molecule has 0 fully saturated rings. The predicted molar refractivity (Wildman–Crippen MR) is 176 cm³/mol. The van der Waals surface area contributed by atoms with Crippen LogP contribution < -0.4 is 9.80 Å². The van der Waals surface area contributed by atoms with Crippen LogP contribution in [-0.4, -0.2) is 11.9 Å². The quantitative estimate of drug-likeness (QED) is 0.143. The molecule has 0 saturated heterocycles. The highest BCUT2D eigenvalue weighted by Crippen LogP contribution is 2.47. The monoisotopic (exact) mass is 546 g/mol. The molecule has 206 valence electrons. The van der Waals surface area contributed by atoms with Gasteiger partial charge < -0.3 is 9.80 Å². The number of rotatable bonds is 8. The molecule has 0 amide bonds. The van der Waals surface area contributed by atoms with Crippen molar-refractivity contribution >= 4 is 34.6 Å². The Hall–Kier alpha value is -5.15. The number of carbonyl (C=O) groups is 1. The maximum absolute atomic E-state index is 11.8. The van der Waals surface area contributed by atoms with Gasteiger partial charge in [-0.3, -0.25) is 4.79 Å². The molecular weight excluding hydrogens is 512 g/mol. The summed E-state index contributed by atoms with van der Waals surface area (Å²) in [6.45, 7) is 4.14. The number of hydrogen-bond donors (Lipinski definition) is 0. The molecule has 0 heterocycles. The van der Waals surface area contributed by atoms with Gasteiger partial charge in [-0.1, -0.05) is 91.0 Å². The molecular formula is C39H34N2O. The fourth-order valence-corrected chi connectivity index (χ4v) is 5.94. The molecule has 1 aliphatic carbocycles. The van der Waals surface area contributed by atoms with Gasteiger partial charge >= 0.3 is 0 Å². The zero-order valence-electron chi connectivity index (χ0n) is 24.0. The molecule has 1 atom stereocenters. The summed E-state index contributed by atoms with van der Waals surface area (Å²) in [4.78, 5) is 16.6. The van der Waals surface area contributed by atoms with Crippen molar-refractivity contribution in [2.75, 3.05) is 9.80 Å². The minimum Gasteiger partial charge on any atom is -0.314 e. The summed E-state index contributed by atoms with van der Waals surface area (Å²) in [6.07, 6.45) is 8.59. The number of hydrogen-bond acceptors (Lipinski definition) is 3. The summed E-state index contributed by atoms with van der Waals surface area (Å²) < 4.78 is 0. The van der Waals surface area contributed by atoms with Crippen LogP contribution in [0.3, 0.4) is 0 Å². The van der Waals surface area contributed by atoms with E-state index in [0.29, 0.717) is 12.0 Å². The van der Waals surface area contributed by atoms with Crippen LogP contribution in [0.4, 0.5) is 22.7 Å². The number of nitrogens with zero attached hydrogens (tertiary/aromatic N) is 2. The predicted octanol–water partition coefficient (Wildman–Crippen LogP) is 9.83. The number of benzene rings is 5. The zero-order valence-corrected chi connectivity index (χ0v) is 24.0. The first-order valence-electron chi connectivity index (χ1n) is 14.4. The first-order chi connectivity index (χ1) is 20.6. The molecule has 0 N–H and O–H groups in total. The summed E-state index contributed by atoms with van der Waals surface area (Å²) in [5.74, 6) is 0. The maximum atomic E-state index is 11.8. The molecule has 1 unspecified atom stereocenters. The third-order valence-corrected chi connectivity index (χ3v) is 7.96. The van der Waals surface area contributed by atoms with Gasteiger partial charge in [-0.25, -0.2) is 0 Å². The van der Waals surface area contributed by atoms with Gasteiger partial charge in [0.25, 0.3) is 0 Å². The Kier molecular flexibility index (Phi) is 7.57. The average molecular weight is 547 g/mol. The minimum absolute atomic E-state index is 0.663. The number of aryl methyl sites for hydroxylation is 2. The number of aldehydes is 1. The molecule has 0 aliphatic heterocycles. The van der Waals surface area contributed by atoms with E-state index in [9.17, 15) is 4.79 Å². The van der Waals surface area contributed by atoms with E-state index in [-0.39, 0.29) is 0 Å². The molecule has 5 aromatic rings. The maximum Gasteiger partial charge on any atom is 0.150 e. The summed E-state index contributed by atoms with van der Waals surface area (Å²) in [5.41, 5.74) is 8.84. The van der Waals surface area contributed by atoms with E-state index >= 15 is 0 Å². The van der Waals surface area contributed by atoms with Gasteiger partial charge in [0.15, 0.2) is 0 Å². The van der Waals surface area contributed by atoms with Crippen molar-refractivity contribution in [1.29, 1.82) is 0 Å². The lowest BCUT2D eigenvalue weighted by molar-refractivity contribution is 0.112. The lowest BCUT2D eigenvalue weighted by Crippen LogP contribution is -2.57. The van der Waals surface area contributed by atoms with Gasteiger partial charge in [-0.2, -0.15) is 0 Å². The molecule has 0 aromatic heterocycles. The van der Waals surface area contributed by atoms with Gasteiger partial charge in [-0.15, -0.1) is 0 Å². The Morgan fingerprint density at radius 3 is 1.71 bits per heavy atom. The molecule has 0 spiro atoms. The van der Waals surface area contributed by atoms with Crippen molar-refractivity contribution in [3.8, 4) is 0 Å². The van der Waals surface area contributed by atoms with Crippen molar-refractivity contribution in [2.24, 2.45) is 0 Å². The minimum atomic E-state index is -0.663. The first kappa shape index (κ1) is 27.0. The Morgan fingerprint density at radius 2 is 1.19 bits per heavy atom. The fourth-order valence-electron chi connectivity index (χ4n) is 5.94. The second-order valence-corrected chi connectivity index (χ2v) is 10.8. The van der Waals surface area contributed by atoms with Crippen LogP contribution in [0.15, 0.2) is 152 Å². The molecule has 0 radical (unpaired) electrons. The third-order valence-electron chi connectivity index (χ3n) is 7.96. The van der Waals surface area contributed by atoms with Crippen LogP contribution in [-0.2, 0) is 0 Å². The van der Waals surface area contributed by atoms with E-state index in [1.807, 2.05) is 13.0 Å². The topological polar surface area (TPSA) is 23.6 Å². The van der Waals surface area contributed by atoms with Crippen molar-refractivity contribution in [2.45, 2.75) is 25.9 Å². The van der Waals surface area contributed by atoms with Gasteiger partial charge in [0.1, 0.15) is 11.9 Å². The summed E-state index contributed by atoms with van der Waals surface area (Å²) in [5, 5.41) is 0. The summed E-state index contributed by atoms with van der Waals surface area (Å²) >= 11 is 0. The lowest BCUT2D eigenvalue weighted by Gasteiger charge is -2.52. The van der Waals surface area contributed by atoms with Crippen molar-refractivity contribution in [3.05, 3.63) is 174 Å². The molecule has 5 aromatic carbocycles. The van der Waals surface area contributed by atoms with Crippen molar-refractivity contribution < 1.29 is 4.79 Å². The lowest BCUT2D eigenvalue weighted by atomic mass is 9.88. The summed E-state index contributed by atoms with van der Waals surface area (Å²) in [6, 6.07) is 46.5. The second-order valence-electron chi connectivity index (χ2n) is 10.8. The van der Waals surface area contributed by atoms with Crippen LogP contribution in [0.2, 0.25) is 0 Å². The standard InChI is InChI=1S/C39H34N2O/c1-30-13-12-20-37(27-30)40(35-16-8-4-9-17-35)39(25-23-33(24-26-39)32-14-6-3-7-15-32)41(36-18-10-5-11-19-36)38-22-21-34(29-42)31(2)28-38/h3-25,27-29H,26H2,1-2H3. The summed E-state index contributed by atoms with van der Waals surface area (Å²) in [7, 11) is 0. The molecule has 42 heavy (non-hydrogen) atoms. The Bertz CT molecular complexity index is 1740. The number of anilines is 4. The third kappa shape index (κ3) is 5.17. The average Bonchev–Trinajstić information content (AvgIpc) is 3.03. The molecule has 1 aliphatic rings. The van der Waals surface area contributed by atoms with E-state index in [4.69, 9.17) is 0 Å². The van der Waals surface area contributed by atoms with E-state index in [2.05, 4.69) is 162 Å². The van der Waals surface area contributed by atoms with Crippen LogP contribution in [0, 0.1) is 13.8 Å². The highest BCUT2D eigenvalue weighted by molar-refractivity contribution is 5.83. The zero-order chi connectivity index (χ0) is 28.9. The second kappa shape index (κ2) is 11.8. The highest BCUT2D eigenvalue weighted by atomic mass is 16.1. The molecule has 6 rings (SSSR count).